The highest BCUT2D eigenvalue weighted by atomic mass is 19.1. The minimum Gasteiger partial charge on any atom is -0.307 e. The van der Waals surface area contributed by atoms with Crippen LogP contribution in [-0.4, -0.2) is 6.54 Å². The van der Waals surface area contributed by atoms with E-state index in [0.29, 0.717) is 5.56 Å². The third-order valence-electron chi connectivity index (χ3n) is 3.58. The van der Waals surface area contributed by atoms with Gasteiger partial charge in [-0.3, -0.25) is 0 Å². The lowest BCUT2D eigenvalue weighted by atomic mass is 9.78. The summed E-state index contributed by atoms with van der Waals surface area (Å²) in [4.78, 5) is 0. The van der Waals surface area contributed by atoms with Crippen LogP contribution in [0, 0.1) is 17.6 Å². The summed E-state index contributed by atoms with van der Waals surface area (Å²) in [5.41, 5.74) is 0.0756. The second kappa shape index (κ2) is 4.13. The summed E-state index contributed by atoms with van der Waals surface area (Å²) in [6.07, 6.45) is 1.87. The van der Waals surface area contributed by atoms with Crippen LogP contribution in [0.3, 0.4) is 0 Å². The van der Waals surface area contributed by atoms with E-state index in [2.05, 4.69) is 5.32 Å². The maximum atomic E-state index is 13.8. The van der Waals surface area contributed by atoms with E-state index in [0.717, 1.165) is 19.4 Å². The SMILES string of the molecule is CC(C)C1(c2cc(F)ccc2F)CCCN1. The van der Waals surface area contributed by atoms with Gasteiger partial charge in [0.25, 0.3) is 0 Å². The average Bonchev–Trinajstić information content (AvgIpc) is 2.71. The van der Waals surface area contributed by atoms with Crippen molar-refractivity contribution in [2.45, 2.75) is 32.2 Å². The first-order valence-corrected chi connectivity index (χ1v) is 5.77. The molecule has 2 rings (SSSR count). The van der Waals surface area contributed by atoms with Crippen LogP contribution in [-0.2, 0) is 5.54 Å². The van der Waals surface area contributed by atoms with Crippen LogP contribution < -0.4 is 5.32 Å². The monoisotopic (exact) mass is 225 g/mol. The van der Waals surface area contributed by atoms with Gasteiger partial charge in [0.05, 0.1) is 0 Å². The highest BCUT2D eigenvalue weighted by Gasteiger charge is 2.40. The lowest BCUT2D eigenvalue weighted by molar-refractivity contribution is 0.266. The van der Waals surface area contributed by atoms with Gasteiger partial charge in [0.2, 0.25) is 0 Å². The molecule has 0 aromatic heterocycles. The van der Waals surface area contributed by atoms with Gasteiger partial charge in [-0.15, -0.1) is 0 Å². The molecule has 1 fully saturated rings. The van der Waals surface area contributed by atoms with Crippen molar-refractivity contribution in [3.63, 3.8) is 0 Å². The van der Waals surface area contributed by atoms with Crippen LogP contribution in [0.5, 0.6) is 0 Å². The minimum absolute atomic E-state index is 0.242. The molecule has 88 valence electrons. The molecule has 0 saturated carbocycles. The van der Waals surface area contributed by atoms with Crippen molar-refractivity contribution in [1.82, 2.24) is 5.32 Å². The quantitative estimate of drug-likeness (QED) is 0.815. The molecule has 16 heavy (non-hydrogen) atoms. The largest absolute Gasteiger partial charge is 0.307 e. The predicted octanol–water partition coefficient (Wildman–Crippen LogP) is 3.20. The Kier molecular flexibility index (Phi) is 2.98. The van der Waals surface area contributed by atoms with Gasteiger partial charge in [-0.1, -0.05) is 13.8 Å². The Morgan fingerprint density at radius 1 is 1.31 bits per heavy atom. The standard InChI is InChI=1S/C13H17F2N/c1-9(2)13(6-3-7-16-13)11-8-10(14)4-5-12(11)15/h4-5,8-9,16H,3,6-7H2,1-2H3. The molecule has 1 atom stereocenters. The van der Waals surface area contributed by atoms with Gasteiger partial charge in [0.15, 0.2) is 0 Å². The van der Waals surface area contributed by atoms with Gasteiger partial charge in [0, 0.05) is 11.1 Å². The van der Waals surface area contributed by atoms with Crippen molar-refractivity contribution in [1.29, 1.82) is 0 Å². The second-order valence-electron chi connectivity index (χ2n) is 4.78. The summed E-state index contributed by atoms with van der Waals surface area (Å²) in [6.45, 7) is 4.96. The van der Waals surface area contributed by atoms with E-state index in [1.807, 2.05) is 13.8 Å². The molecular formula is C13H17F2N. The molecular weight excluding hydrogens is 208 g/mol. The number of halogens is 2. The molecule has 1 unspecified atom stereocenters. The summed E-state index contributed by atoms with van der Waals surface area (Å²) >= 11 is 0. The van der Waals surface area contributed by atoms with Crippen molar-refractivity contribution in [3.05, 3.63) is 35.4 Å². The van der Waals surface area contributed by atoms with Gasteiger partial charge >= 0.3 is 0 Å². The molecule has 0 amide bonds. The Balaban J connectivity index is 2.50. The predicted molar refractivity (Wildman–Crippen MR) is 60.1 cm³/mol. The lowest BCUT2D eigenvalue weighted by Gasteiger charge is -2.34. The van der Waals surface area contributed by atoms with Crippen LogP contribution in [0.4, 0.5) is 8.78 Å². The molecule has 1 aromatic carbocycles. The number of hydrogen-bond acceptors (Lipinski definition) is 1. The average molecular weight is 225 g/mol. The summed E-state index contributed by atoms with van der Waals surface area (Å²) < 4.78 is 27.1. The zero-order valence-corrected chi connectivity index (χ0v) is 9.69. The van der Waals surface area contributed by atoms with Crippen LogP contribution in [0.15, 0.2) is 18.2 Å². The molecule has 1 aliphatic rings. The molecule has 1 aromatic rings. The highest BCUT2D eigenvalue weighted by molar-refractivity contribution is 5.29. The first-order chi connectivity index (χ1) is 7.56. The van der Waals surface area contributed by atoms with Crippen LogP contribution in [0.2, 0.25) is 0 Å². The zero-order chi connectivity index (χ0) is 11.8. The molecule has 0 aliphatic carbocycles. The van der Waals surface area contributed by atoms with E-state index in [9.17, 15) is 8.78 Å². The third kappa shape index (κ3) is 1.73. The molecule has 1 saturated heterocycles. The van der Waals surface area contributed by atoms with Gasteiger partial charge < -0.3 is 5.32 Å². The summed E-state index contributed by atoms with van der Waals surface area (Å²) in [7, 11) is 0. The molecule has 0 spiro atoms. The second-order valence-corrected chi connectivity index (χ2v) is 4.78. The van der Waals surface area contributed by atoms with E-state index in [4.69, 9.17) is 0 Å². The van der Waals surface area contributed by atoms with Gasteiger partial charge in [-0.25, -0.2) is 8.78 Å². The fraction of sp³-hybridized carbons (Fsp3) is 0.538. The highest BCUT2D eigenvalue weighted by Crippen LogP contribution is 2.39. The first-order valence-electron chi connectivity index (χ1n) is 5.77. The fourth-order valence-corrected chi connectivity index (χ4v) is 2.64. The molecule has 1 aliphatic heterocycles. The normalized spacial score (nSPS) is 25.3. The maximum absolute atomic E-state index is 13.8. The van der Waals surface area contributed by atoms with E-state index in [1.165, 1.54) is 18.2 Å². The van der Waals surface area contributed by atoms with Gasteiger partial charge in [-0.2, -0.15) is 0 Å². The van der Waals surface area contributed by atoms with Crippen molar-refractivity contribution in [2.24, 2.45) is 5.92 Å². The number of hydrogen-bond donors (Lipinski definition) is 1. The Hall–Kier alpha value is -0.960. The Labute approximate surface area is 94.9 Å². The molecule has 1 heterocycles. The smallest absolute Gasteiger partial charge is 0.128 e. The molecule has 3 heteroatoms. The molecule has 0 bridgehead atoms. The van der Waals surface area contributed by atoms with Crippen molar-refractivity contribution in [2.75, 3.05) is 6.54 Å². The zero-order valence-electron chi connectivity index (χ0n) is 9.69. The Bertz CT molecular complexity index is 382. The summed E-state index contributed by atoms with van der Waals surface area (Å²) in [5.74, 6) is -0.444. The van der Waals surface area contributed by atoms with Crippen LogP contribution in [0.25, 0.3) is 0 Å². The Morgan fingerprint density at radius 2 is 2.06 bits per heavy atom. The summed E-state index contributed by atoms with van der Waals surface area (Å²) in [6, 6.07) is 3.71. The lowest BCUT2D eigenvalue weighted by Crippen LogP contribution is -2.42. The van der Waals surface area contributed by atoms with Gasteiger partial charge in [0.1, 0.15) is 11.6 Å². The maximum Gasteiger partial charge on any atom is 0.128 e. The van der Waals surface area contributed by atoms with E-state index >= 15 is 0 Å². The van der Waals surface area contributed by atoms with Crippen LogP contribution >= 0.6 is 0 Å². The molecule has 1 nitrogen and oxygen atoms in total. The molecule has 1 N–H and O–H groups in total. The number of benzene rings is 1. The third-order valence-corrected chi connectivity index (χ3v) is 3.58. The first kappa shape index (κ1) is 11.5. The van der Waals surface area contributed by atoms with E-state index in [1.54, 1.807) is 0 Å². The van der Waals surface area contributed by atoms with E-state index < -0.39 is 5.54 Å². The Morgan fingerprint density at radius 3 is 2.62 bits per heavy atom. The minimum atomic E-state index is -0.397. The van der Waals surface area contributed by atoms with E-state index in [-0.39, 0.29) is 17.6 Å². The van der Waals surface area contributed by atoms with Gasteiger partial charge in [-0.05, 0) is 43.5 Å². The number of nitrogens with one attached hydrogen (secondary N) is 1. The van der Waals surface area contributed by atoms with Crippen LogP contribution in [0.1, 0.15) is 32.3 Å². The van der Waals surface area contributed by atoms with Crippen molar-refractivity contribution in [3.8, 4) is 0 Å². The summed E-state index contributed by atoms with van der Waals surface area (Å²) in [5, 5.41) is 3.35. The van der Waals surface area contributed by atoms with Crippen molar-refractivity contribution >= 4 is 0 Å². The topological polar surface area (TPSA) is 12.0 Å². The number of rotatable bonds is 2. The fourth-order valence-electron chi connectivity index (χ4n) is 2.64. The van der Waals surface area contributed by atoms with Crippen molar-refractivity contribution < 1.29 is 8.78 Å². The molecule has 0 radical (unpaired) electrons.